The standard InChI is InChI=1S/C31H47N3O8S4/c1-30(2)16-22(25(20-32)23(17-30)28(43(5,35)36)44(6,37)38)14-12-10-9-11-13-15-34-27-19-31(3,4)18-24(26(27)21-33)29(45(7,39)40)46(8,41)42/h34H,9-19H2,1-8H3. The van der Waals surface area contributed by atoms with Gasteiger partial charge in [0.2, 0.25) is 0 Å². The smallest absolute Gasteiger partial charge is 0.186 e. The van der Waals surface area contributed by atoms with Crippen molar-refractivity contribution in [2.45, 2.75) is 91.9 Å². The fourth-order valence-corrected chi connectivity index (χ4v) is 13.4. The van der Waals surface area contributed by atoms with E-state index < -0.39 is 58.7 Å². The second kappa shape index (κ2) is 14.3. The first-order chi connectivity index (χ1) is 20.7. The number of hydrogen-bond donors (Lipinski definition) is 1. The van der Waals surface area contributed by atoms with E-state index in [9.17, 15) is 44.2 Å². The van der Waals surface area contributed by atoms with Gasteiger partial charge < -0.3 is 5.32 Å². The molecule has 2 aliphatic carbocycles. The molecule has 0 unspecified atom stereocenters. The number of allylic oxidation sites excluding steroid dienone is 6. The Morgan fingerprint density at radius 2 is 1.00 bits per heavy atom. The van der Waals surface area contributed by atoms with E-state index >= 15 is 0 Å². The normalized spacial score (nSPS) is 19.0. The first-order valence-electron chi connectivity index (χ1n) is 15.0. The molecule has 2 rings (SSSR count). The van der Waals surface area contributed by atoms with E-state index in [-0.39, 0.29) is 35.1 Å². The molecule has 258 valence electrons. The molecule has 0 heterocycles. The summed E-state index contributed by atoms with van der Waals surface area (Å²) < 4.78 is 98.5. The fourth-order valence-electron chi connectivity index (χ4n) is 6.56. The van der Waals surface area contributed by atoms with Crippen molar-refractivity contribution in [2.24, 2.45) is 10.8 Å². The third-order valence-corrected chi connectivity index (χ3v) is 15.3. The molecule has 46 heavy (non-hydrogen) atoms. The lowest BCUT2D eigenvalue weighted by atomic mass is 9.71. The Balaban J connectivity index is 2.15. The zero-order chi connectivity index (χ0) is 35.5. The highest BCUT2D eigenvalue weighted by atomic mass is 32.3. The van der Waals surface area contributed by atoms with E-state index in [1.807, 2.05) is 33.8 Å². The molecule has 0 saturated carbocycles. The van der Waals surface area contributed by atoms with Crippen molar-refractivity contribution in [1.29, 1.82) is 10.5 Å². The summed E-state index contributed by atoms with van der Waals surface area (Å²) in [6.45, 7) is 8.15. The highest BCUT2D eigenvalue weighted by molar-refractivity contribution is 8.14. The zero-order valence-electron chi connectivity index (χ0n) is 28.1. The quantitative estimate of drug-likeness (QED) is 0.258. The van der Waals surface area contributed by atoms with Crippen molar-refractivity contribution in [1.82, 2.24) is 5.32 Å². The Morgan fingerprint density at radius 1 is 0.609 bits per heavy atom. The minimum atomic E-state index is -4.12. The topological polar surface area (TPSA) is 196 Å². The predicted octanol–water partition coefficient (Wildman–Crippen LogP) is 4.76. The van der Waals surface area contributed by atoms with Gasteiger partial charge in [0, 0.05) is 48.4 Å². The van der Waals surface area contributed by atoms with Crippen LogP contribution in [0.2, 0.25) is 0 Å². The highest BCUT2D eigenvalue weighted by Gasteiger charge is 2.39. The number of nitrogens with zero attached hydrogens (tertiary/aromatic N) is 2. The Bertz CT molecular complexity index is 1690. The Labute approximate surface area is 276 Å². The molecule has 0 spiro atoms. The molecule has 1 N–H and O–H groups in total. The first-order valence-corrected chi connectivity index (χ1v) is 22.6. The molecule has 0 fully saturated rings. The highest BCUT2D eigenvalue weighted by Crippen LogP contribution is 2.46. The van der Waals surface area contributed by atoms with Gasteiger partial charge in [-0.1, -0.05) is 52.5 Å². The largest absolute Gasteiger partial charge is 0.387 e. The Morgan fingerprint density at radius 3 is 1.43 bits per heavy atom. The molecule has 0 aliphatic heterocycles. The Hall–Kier alpha value is -2.46. The van der Waals surface area contributed by atoms with Crippen molar-refractivity contribution in [2.75, 3.05) is 31.6 Å². The first kappa shape index (κ1) is 39.7. The van der Waals surface area contributed by atoms with Crippen LogP contribution in [0.5, 0.6) is 0 Å². The molecule has 0 radical (unpaired) electrons. The molecule has 2 aliphatic rings. The molecule has 0 aromatic heterocycles. The zero-order valence-corrected chi connectivity index (χ0v) is 31.3. The average Bonchev–Trinajstić information content (AvgIpc) is 2.80. The molecule has 15 heteroatoms. The van der Waals surface area contributed by atoms with Crippen LogP contribution >= 0.6 is 0 Å². The molecule has 0 aromatic carbocycles. The molecule has 0 bridgehead atoms. The van der Waals surface area contributed by atoms with E-state index in [1.165, 1.54) is 0 Å². The average molecular weight is 718 g/mol. The van der Waals surface area contributed by atoms with Crippen LogP contribution in [0.1, 0.15) is 91.9 Å². The number of nitrogens with one attached hydrogen (secondary N) is 1. The van der Waals surface area contributed by atoms with Gasteiger partial charge in [0.15, 0.2) is 47.8 Å². The molecule has 0 saturated heterocycles. The molecular formula is C31H47N3O8S4. The summed E-state index contributed by atoms with van der Waals surface area (Å²) in [5.74, 6) is 0. The van der Waals surface area contributed by atoms with Crippen molar-refractivity contribution < 1.29 is 33.7 Å². The van der Waals surface area contributed by atoms with Gasteiger partial charge in [0.05, 0.1) is 17.2 Å². The van der Waals surface area contributed by atoms with Gasteiger partial charge in [0.25, 0.3) is 0 Å². The van der Waals surface area contributed by atoms with E-state index in [0.29, 0.717) is 31.5 Å². The van der Waals surface area contributed by atoms with Crippen LogP contribution in [-0.4, -0.2) is 65.2 Å². The van der Waals surface area contributed by atoms with E-state index in [1.54, 1.807) is 0 Å². The van der Waals surface area contributed by atoms with Crippen molar-refractivity contribution in [3.8, 4) is 12.1 Å². The summed E-state index contributed by atoms with van der Waals surface area (Å²) in [6, 6.07) is 4.13. The van der Waals surface area contributed by atoms with Crippen LogP contribution in [0.15, 0.2) is 42.0 Å². The summed E-state index contributed by atoms with van der Waals surface area (Å²) in [6.07, 6.45) is 9.24. The number of rotatable bonds is 13. The lowest BCUT2D eigenvalue weighted by molar-refractivity contribution is 0.338. The summed E-state index contributed by atoms with van der Waals surface area (Å²) in [7, 11) is -16.4. The summed E-state index contributed by atoms with van der Waals surface area (Å²) in [5, 5.41) is 23.1. The maximum atomic E-state index is 12.5. The second-order valence-corrected chi connectivity index (χ2v) is 22.5. The van der Waals surface area contributed by atoms with Gasteiger partial charge in [-0.15, -0.1) is 0 Å². The molecular weight excluding hydrogens is 671 g/mol. The van der Waals surface area contributed by atoms with Crippen LogP contribution in [0.25, 0.3) is 0 Å². The van der Waals surface area contributed by atoms with Crippen LogP contribution in [0.3, 0.4) is 0 Å². The lowest BCUT2D eigenvalue weighted by Gasteiger charge is -2.34. The van der Waals surface area contributed by atoms with Crippen LogP contribution < -0.4 is 5.32 Å². The van der Waals surface area contributed by atoms with Crippen molar-refractivity contribution in [3.05, 3.63) is 42.0 Å². The molecule has 0 amide bonds. The van der Waals surface area contributed by atoms with Crippen LogP contribution in [-0.2, 0) is 39.3 Å². The van der Waals surface area contributed by atoms with Gasteiger partial charge in [0.1, 0.15) is 6.07 Å². The summed E-state index contributed by atoms with van der Waals surface area (Å²) >= 11 is 0. The maximum Gasteiger partial charge on any atom is 0.186 e. The van der Waals surface area contributed by atoms with Gasteiger partial charge in [-0.25, -0.2) is 33.7 Å². The third-order valence-electron chi connectivity index (χ3n) is 7.97. The Kier molecular flexibility index (Phi) is 12.4. The van der Waals surface area contributed by atoms with Crippen molar-refractivity contribution >= 4 is 39.3 Å². The minimum absolute atomic E-state index is 0.0291. The molecule has 0 aromatic rings. The van der Waals surface area contributed by atoms with Crippen molar-refractivity contribution in [3.63, 3.8) is 0 Å². The number of sulfone groups is 4. The summed E-state index contributed by atoms with van der Waals surface area (Å²) in [4.78, 5) is 0. The third kappa shape index (κ3) is 10.5. The van der Waals surface area contributed by atoms with E-state index in [0.717, 1.165) is 62.7 Å². The van der Waals surface area contributed by atoms with Gasteiger partial charge >= 0.3 is 0 Å². The minimum Gasteiger partial charge on any atom is -0.387 e. The monoisotopic (exact) mass is 717 g/mol. The SMILES string of the molecule is CC1(C)CC(CCCCCCCNC2=C(C#N)C(=C(S(C)(=O)=O)S(C)(=O)=O)CC(C)(C)C2)=C(C#N)C(=C(S(C)(=O)=O)S(C)(=O)=O)C1. The molecule has 0 atom stereocenters. The summed E-state index contributed by atoms with van der Waals surface area (Å²) in [5.41, 5.74) is 0.743. The molecule has 11 nitrogen and oxygen atoms in total. The van der Waals surface area contributed by atoms with Crippen LogP contribution in [0, 0.1) is 33.5 Å². The lowest BCUT2D eigenvalue weighted by Crippen LogP contribution is -2.30. The second-order valence-electron chi connectivity index (χ2n) is 14.2. The van der Waals surface area contributed by atoms with Crippen LogP contribution in [0.4, 0.5) is 0 Å². The predicted molar refractivity (Wildman–Crippen MR) is 180 cm³/mol. The number of unbranched alkanes of at least 4 members (excludes halogenated alkanes) is 4. The number of nitriles is 2. The van der Waals surface area contributed by atoms with Gasteiger partial charge in [-0.2, -0.15) is 10.5 Å². The number of hydrogen-bond acceptors (Lipinski definition) is 11. The van der Waals surface area contributed by atoms with E-state index in [4.69, 9.17) is 0 Å². The van der Waals surface area contributed by atoms with E-state index in [2.05, 4.69) is 11.4 Å². The fraction of sp³-hybridized carbons (Fsp3) is 0.677. The van der Waals surface area contributed by atoms with Gasteiger partial charge in [-0.3, -0.25) is 0 Å². The van der Waals surface area contributed by atoms with Gasteiger partial charge in [-0.05, 0) is 55.8 Å². The maximum absolute atomic E-state index is 12.5.